The van der Waals surface area contributed by atoms with Crippen LogP contribution in [0.25, 0.3) is 0 Å². The molecule has 0 radical (unpaired) electrons. The molecular formula is C23H31ClN2O3. The van der Waals surface area contributed by atoms with Crippen molar-refractivity contribution in [3.63, 3.8) is 0 Å². The van der Waals surface area contributed by atoms with Crippen molar-refractivity contribution in [3.8, 4) is 11.5 Å². The molecule has 3 rings (SSSR count). The van der Waals surface area contributed by atoms with Gasteiger partial charge in [0.25, 0.3) is 0 Å². The van der Waals surface area contributed by atoms with E-state index in [0.717, 1.165) is 25.1 Å². The van der Waals surface area contributed by atoms with E-state index >= 15 is 0 Å². The van der Waals surface area contributed by atoms with Crippen LogP contribution in [0.4, 0.5) is 0 Å². The summed E-state index contributed by atoms with van der Waals surface area (Å²) in [6, 6.07) is 14.0. The van der Waals surface area contributed by atoms with Gasteiger partial charge in [0.05, 0.1) is 20.3 Å². The van der Waals surface area contributed by atoms with E-state index in [1.54, 1.807) is 14.2 Å². The van der Waals surface area contributed by atoms with Crippen LogP contribution in [0.15, 0.2) is 42.5 Å². The highest BCUT2D eigenvalue weighted by molar-refractivity contribution is 5.85. The Balaban J connectivity index is 0.00000300. The highest BCUT2D eigenvalue weighted by atomic mass is 35.5. The monoisotopic (exact) mass is 418 g/mol. The molecule has 1 amide bonds. The molecule has 2 atom stereocenters. The molecule has 0 bridgehead atoms. The number of aryl methyl sites for hydroxylation is 1. The lowest BCUT2D eigenvalue weighted by Gasteiger charge is -2.33. The first-order valence-corrected chi connectivity index (χ1v) is 9.81. The lowest BCUT2D eigenvalue weighted by Crippen LogP contribution is -2.50. The van der Waals surface area contributed by atoms with Gasteiger partial charge >= 0.3 is 0 Å². The largest absolute Gasteiger partial charge is 0.493 e. The SMILES string of the molecule is COc1ccc(C(Cc2ccccc2C)NC(=O)C(C)C2CNC2)cc1OC.Cl. The van der Waals surface area contributed by atoms with Crippen LogP contribution < -0.4 is 20.1 Å². The predicted octanol–water partition coefficient (Wildman–Crippen LogP) is 3.69. The molecule has 2 aromatic carbocycles. The number of hydrogen-bond donors (Lipinski definition) is 2. The minimum absolute atomic E-state index is 0. The van der Waals surface area contributed by atoms with Crippen LogP contribution in [0.1, 0.15) is 29.7 Å². The molecule has 0 aliphatic carbocycles. The Morgan fingerprint density at radius 2 is 1.83 bits per heavy atom. The normalized spacial score (nSPS) is 15.4. The fourth-order valence-electron chi connectivity index (χ4n) is 3.56. The van der Waals surface area contributed by atoms with Gasteiger partial charge in [-0.05, 0) is 61.2 Å². The molecule has 1 fully saturated rings. The van der Waals surface area contributed by atoms with Gasteiger partial charge in [-0.1, -0.05) is 37.3 Å². The Morgan fingerprint density at radius 1 is 1.14 bits per heavy atom. The minimum Gasteiger partial charge on any atom is -0.493 e. The van der Waals surface area contributed by atoms with Gasteiger partial charge in [-0.25, -0.2) is 0 Å². The molecule has 2 N–H and O–H groups in total. The Bertz CT molecular complexity index is 824. The number of benzene rings is 2. The molecule has 2 aromatic rings. The molecule has 1 saturated heterocycles. The molecule has 1 heterocycles. The van der Waals surface area contributed by atoms with Gasteiger partial charge in [-0.2, -0.15) is 0 Å². The van der Waals surface area contributed by atoms with Gasteiger partial charge in [0.1, 0.15) is 0 Å². The van der Waals surface area contributed by atoms with Crippen LogP contribution in [-0.4, -0.2) is 33.2 Å². The van der Waals surface area contributed by atoms with Crippen molar-refractivity contribution in [2.24, 2.45) is 11.8 Å². The fraction of sp³-hybridized carbons (Fsp3) is 0.435. The summed E-state index contributed by atoms with van der Waals surface area (Å²) in [5.74, 6) is 1.84. The molecule has 0 aromatic heterocycles. The van der Waals surface area contributed by atoms with Crippen molar-refractivity contribution in [3.05, 3.63) is 59.2 Å². The maximum absolute atomic E-state index is 12.9. The van der Waals surface area contributed by atoms with Gasteiger partial charge in [0.15, 0.2) is 11.5 Å². The van der Waals surface area contributed by atoms with Gasteiger partial charge in [0.2, 0.25) is 5.91 Å². The average molecular weight is 419 g/mol. The summed E-state index contributed by atoms with van der Waals surface area (Å²) in [4.78, 5) is 12.9. The number of nitrogens with one attached hydrogen (secondary N) is 2. The number of amides is 1. The van der Waals surface area contributed by atoms with E-state index in [1.165, 1.54) is 11.1 Å². The molecular weight excluding hydrogens is 388 g/mol. The van der Waals surface area contributed by atoms with Gasteiger partial charge in [0, 0.05) is 5.92 Å². The van der Waals surface area contributed by atoms with E-state index in [9.17, 15) is 4.79 Å². The second-order valence-corrected chi connectivity index (χ2v) is 7.51. The number of carbonyl (C=O) groups is 1. The van der Waals surface area contributed by atoms with Crippen LogP contribution in [-0.2, 0) is 11.2 Å². The maximum Gasteiger partial charge on any atom is 0.223 e. The van der Waals surface area contributed by atoms with E-state index in [2.05, 4.69) is 29.7 Å². The van der Waals surface area contributed by atoms with Crippen LogP contribution >= 0.6 is 12.4 Å². The van der Waals surface area contributed by atoms with E-state index in [-0.39, 0.29) is 30.3 Å². The van der Waals surface area contributed by atoms with E-state index in [1.807, 2.05) is 37.3 Å². The zero-order valence-corrected chi connectivity index (χ0v) is 18.3. The van der Waals surface area contributed by atoms with Crippen molar-refractivity contribution < 1.29 is 14.3 Å². The maximum atomic E-state index is 12.9. The third-order valence-corrected chi connectivity index (χ3v) is 5.75. The fourth-order valence-corrected chi connectivity index (χ4v) is 3.56. The second kappa shape index (κ2) is 10.5. The molecule has 5 nitrogen and oxygen atoms in total. The van der Waals surface area contributed by atoms with Crippen molar-refractivity contribution in [2.45, 2.75) is 26.3 Å². The second-order valence-electron chi connectivity index (χ2n) is 7.51. The highest BCUT2D eigenvalue weighted by Gasteiger charge is 2.30. The number of halogens is 1. The summed E-state index contributed by atoms with van der Waals surface area (Å²) in [6.07, 6.45) is 0.726. The lowest BCUT2D eigenvalue weighted by atomic mass is 9.87. The molecule has 1 aliphatic rings. The Morgan fingerprint density at radius 3 is 2.41 bits per heavy atom. The summed E-state index contributed by atoms with van der Waals surface area (Å²) in [5, 5.41) is 6.53. The summed E-state index contributed by atoms with van der Waals surface area (Å²) >= 11 is 0. The van der Waals surface area contributed by atoms with Crippen LogP contribution in [0.2, 0.25) is 0 Å². The summed E-state index contributed by atoms with van der Waals surface area (Å²) in [5.41, 5.74) is 3.45. The van der Waals surface area contributed by atoms with Crippen LogP contribution in [0.3, 0.4) is 0 Å². The van der Waals surface area contributed by atoms with Crippen LogP contribution in [0, 0.1) is 18.8 Å². The quantitative estimate of drug-likeness (QED) is 0.686. The first-order chi connectivity index (χ1) is 13.5. The Hall–Kier alpha value is -2.24. The smallest absolute Gasteiger partial charge is 0.223 e. The number of rotatable bonds is 8. The van der Waals surface area contributed by atoms with Crippen molar-refractivity contribution in [1.82, 2.24) is 10.6 Å². The Labute approximate surface area is 179 Å². The van der Waals surface area contributed by atoms with E-state index in [4.69, 9.17) is 9.47 Å². The lowest BCUT2D eigenvalue weighted by molar-refractivity contribution is -0.127. The number of ether oxygens (including phenoxy) is 2. The standard InChI is InChI=1S/C23H30N2O3.ClH/c1-15-7-5-6-8-17(15)11-20(25-23(26)16(2)19-13-24-14-19)18-9-10-21(27-3)22(12-18)28-4;/h5-10,12,16,19-20,24H,11,13-14H2,1-4H3,(H,25,26);1H. The zero-order chi connectivity index (χ0) is 20.1. The first kappa shape index (κ1) is 23.0. The van der Waals surface area contributed by atoms with Crippen LogP contribution in [0.5, 0.6) is 11.5 Å². The van der Waals surface area contributed by atoms with Crippen molar-refractivity contribution in [2.75, 3.05) is 27.3 Å². The molecule has 6 heteroatoms. The predicted molar refractivity (Wildman–Crippen MR) is 118 cm³/mol. The summed E-state index contributed by atoms with van der Waals surface area (Å²) < 4.78 is 10.8. The minimum atomic E-state index is -0.135. The molecule has 2 unspecified atom stereocenters. The molecule has 0 spiro atoms. The van der Waals surface area contributed by atoms with Crippen molar-refractivity contribution >= 4 is 18.3 Å². The highest BCUT2D eigenvalue weighted by Crippen LogP contribution is 2.32. The van der Waals surface area contributed by atoms with Gasteiger partial charge in [-0.15, -0.1) is 12.4 Å². The average Bonchev–Trinajstić information content (AvgIpc) is 2.67. The first-order valence-electron chi connectivity index (χ1n) is 9.81. The zero-order valence-electron chi connectivity index (χ0n) is 17.5. The summed E-state index contributed by atoms with van der Waals surface area (Å²) in [7, 11) is 3.25. The molecule has 29 heavy (non-hydrogen) atoms. The third kappa shape index (κ3) is 5.43. The number of methoxy groups -OCH3 is 2. The Kier molecular flexibility index (Phi) is 8.35. The van der Waals surface area contributed by atoms with E-state index in [0.29, 0.717) is 17.4 Å². The molecule has 158 valence electrons. The molecule has 1 aliphatic heterocycles. The van der Waals surface area contributed by atoms with Crippen molar-refractivity contribution in [1.29, 1.82) is 0 Å². The molecule has 0 saturated carbocycles. The van der Waals surface area contributed by atoms with Gasteiger partial charge < -0.3 is 20.1 Å². The van der Waals surface area contributed by atoms with Gasteiger partial charge in [-0.3, -0.25) is 4.79 Å². The number of carbonyl (C=O) groups excluding carboxylic acids is 1. The third-order valence-electron chi connectivity index (χ3n) is 5.75. The number of hydrogen-bond acceptors (Lipinski definition) is 4. The summed E-state index contributed by atoms with van der Waals surface area (Å²) in [6.45, 7) is 5.94. The topological polar surface area (TPSA) is 59.6 Å². The van der Waals surface area contributed by atoms with E-state index < -0.39 is 0 Å².